The van der Waals surface area contributed by atoms with Gasteiger partial charge < -0.3 is 18.9 Å². The van der Waals surface area contributed by atoms with Crippen molar-refractivity contribution in [3.8, 4) is 16.9 Å². The summed E-state index contributed by atoms with van der Waals surface area (Å²) < 4.78 is 35.2. The summed E-state index contributed by atoms with van der Waals surface area (Å²) in [5.74, 6) is -2.14. The van der Waals surface area contributed by atoms with E-state index in [2.05, 4.69) is 9.97 Å². The molecule has 1 saturated heterocycles. The molecule has 1 fully saturated rings. The van der Waals surface area contributed by atoms with Crippen molar-refractivity contribution < 1.29 is 37.7 Å². The van der Waals surface area contributed by atoms with Crippen LogP contribution in [-0.2, 0) is 28.6 Å². The molecule has 2 aromatic rings. The summed E-state index contributed by atoms with van der Waals surface area (Å²) in [7, 11) is 0. The number of esters is 3. The quantitative estimate of drug-likeness (QED) is 0.334. The van der Waals surface area contributed by atoms with Crippen LogP contribution >= 0.6 is 23.4 Å². The molecule has 1 aliphatic rings. The Balaban J connectivity index is 1.91. The normalized spacial score (nSPS) is 22.2. The van der Waals surface area contributed by atoms with Gasteiger partial charge in [-0.15, -0.1) is 11.8 Å². The van der Waals surface area contributed by atoms with Gasteiger partial charge in [0.15, 0.2) is 34.7 Å². The first-order valence-electron chi connectivity index (χ1n) is 9.71. The molecule has 0 bridgehead atoms. The van der Waals surface area contributed by atoms with Gasteiger partial charge in [-0.2, -0.15) is 4.39 Å². The minimum Gasteiger partial charge on any atom is -0.472 e. The van der Waals surface area contributed by atoms with E-state index in [9.17, 15) is 18.8 Å². The highest BCUT2D eigenvalue weighted by atomic mass is 35.5. The number of thioether (sulfide) groups is 1. The Morgan fingerprint density at radius 1 is 0.970 bits per heavy atom. The van der Waals surface area contributed by atoms with Gasteiger partial charge in [-0.1, -0.05) is 11.6 Å². The Kier molecular flexibility index (Phi) is 8.09. The second-order valence-corrected chi connectivity index (χ2v) is 8.49. The first-order valence-corrected chi connectivity index (χ1v) is 11.1. The van der Waals surface area contributed by atoms with E-state index in [0.717, 1.165) is 0 Å². The molecule has 3 rings (SSSR count). The van der Waals surface area contributed by atoms with Crippen LogP contribution in [0, 0.1) is 5.95 Å². The smallest absolute Gasteiger partial charge is 0.303 e. The molecule has 0 aliphatic carbocycles. The van der Waals surface area contributed by atoms with Crippen molar-refractivity contribution in [2.24, 2.45) is 0 Å². The van der Waals surface area contributed by atoms with Gasteiger partial charge in [-0.3, -0.25) is 14.4 Å². The zero-order valence-electron chi connectivity index (χ0n) is 17.8. The molecule has 1 aliphatic heterocycles. The van der Waals surface area contributed by atoms with Gasteiger partial charge in [0.1, 0.15) is 0 Å². The van der Waals surface area contributed by atoms with Gasteiger partial charge in [0.05, 0.1) is 0 Å². The van der Waals surface area contributed by atoms with Gasteiger partial charge in [-0.25, -0.2) is 9.97 Å². The molecule has 4 atom stereocenters. The molecular weight excluding hydrogens is 479 g/mol. The lowest BCUT2D eigenvalue weighted by Crippen LogP contribution is -2.55. The maximum Gasteiger partial charge on any atom is 0.303 e. The van der Waals surface area contributed by atoms with Crippen LogP contribution in [0.5, 0.6) is 5.75 Å². The molecule has 0 radical (unpaired) electrons. The zero-order chi connectivity index (χ0) is 24.1. The number of hydrogen-bond donors (Lipinski definition) is 0. The van der Waals surface area contributed by atoms with E-state index in [1.165, 1.54) is 57.1 Å². The highest BCUT2D eigenvalue weighted by Gasteiger charge is 2.47. The molecule has 9 nitrogen and oxygen atoms in total. The minimum atomic E-state index is -1.11. The van der Waals surface area contributed by atoms with Crippen molar-refractivity contribution in [1.29, 1.82) is 0 Å². The predicted octanol–water partition coefficient (Wildman–Crippen LogP) is 3.18. The lowest BCUT2D eigenvalue weighted by atomic mass is 10.1. The van der Waals surface area contributed by atoms with E-state index >= 15 is 0 Å². The van der Waals surface area contributed by atoms with Gasteiger partial charge in [0, 0.05) is 50.0 Å². The molecule has 176 valence electrons. The summed E-state index contributed by atoms with van der Waals surface area (Å²) in [5.41, 5.74) is 0.262. The zero-order valence-corrected chi connectivity index (χ0v) is 19.4. The minimum absolute atomic E-state index is 0.0298. The average Bonchev–Trinajstić information content (AvgIpc) is 2.73. The Morgan fingerprint density at radius 2 is 1.61 bits per heavy atom. The molecule has 2 aromatic heterocycles. The fraction of sp³-hybridized carbons (Fsp3) is 0.381. The van der Waals surface area contributed by atoms with Crippen LogP contribution in [0.1, 0.15) is 20.8 Å². The number of rotatable bonds is 6. The van der Waals surface area contributed by atoms with E-state index in [1.54, 1.807) is 6.07 Å². The standard InChI is InChI=1S/C21H20ClFN2O7S/c1-10(26)29-16-9-33-21(19(31-12(3)28)18(16)30-11(2)27)32-15-6-14(8-25-20(15)22)13-4-5-17(23)24-7-13/h4-8,16,18-19,21H,9H2,1-3H3/t16-,18+,19-,21+/m1/s1. The number of carbonyl (C=O) groups is 3. The molecule has 12 heteroatoms. The number of halogens is 2. The van der Waals surface area contributed by atoms with Crippen LogP contribution in [0.25, 0.3) is 11.1 Å². The fourth-order valence-corrected chi connectivity index (χ4v) is 4.51. The molecule has 3 heterocycles. The lowest BCUT2D eigenvalue weighted by molar-refractivity contribution is -0.186. The second kappa shape index (κ2) is 10.8. The van der Waals surface area contributed by atoms with Crippen molar-refractivity contribution in [3.63, 3.8) is 0 Å². The molecule has 0 saturated carbocycles. The van der Waals surface area contributed by atoms with Crippen LogP contribution in [0.4, 0.5) is 4.39 Å². The third-order valence-corrected chi connectivity index (χ3v) is 5.91. The third kappa shape index (κ3) is 6.55. The first kappa shape index (κ1) is 24.7. The summed E-state index contributed by atoms with van der Waals surface area (Å²) in [5, 5.41) is 0.0298. The van der Waals surface area contributed by atoms with E-state index in [-0.39, 0.29) is 16.7 Å². The molecule has 0 amide bonds. The maximum atomic E-state index is 13.2. The topological polar surface area (TPSA) is 114 Å². The van der Waals surface area contributed by atoms with Crippen LogP contribution in [0.3, 0.4) is 0 Å². The number of nitrogens with zero attached hydrogens (tertiary/aromatic N) is 2. The molecule has 0 spiro atoms. The van der Waals surface area contributed by atoms with Crippen molar-refractivity contribution in [1.82, 2.24) is 9.97 Å². The Morgan fingerprint density at radius 3 is 2.21 bits per heavy atom. The maximum absolute atomic E-state index is 13.2. The SMILES string of the molecule is CC(=O)O[C@@H]1[C@@H](OC(C)=O)[C@@H](Oc2cc(-c3ccc(F)nc3)cnc2Cl)SC[C@H]1OC(C)=O. The second-order valence-electron chi connectivity index (χ2n) is 7.00. The summed E-state index contributed by atoms with van der Waals surface area (Å²) in [6.07, 6.45) is -0.257. The van der Waals surface area contributed by atoms with Crippen molar-refractivity contribution in [2.75, 3.05) is 5.75 Å². The predicted molar refractivity (Wildman–Crippen MR) is 116 cm³/mol. The fourth-order valence-electron chi connectivity index (χ4n) is 3.15. The van der Waals surface area contributed by atoms with Crippen LogP contribution < -0.4 is 4.74 Å². The summed E-state index contributed by atoms with van der Waals surface area (Å²) in [4.78, 5) is 42.7. The summed E-state index contributed by atoms with van der Waals surface area (Å²) in [6.45, 7) is 3.60. The molecular formula is C21H20ClFN2O7S. The number of aromatic nitrogens is 2. The van der Waals surface area contributed by atoms with E-state index in [0.29, 0.717) is 11.1 Å². The van der Waals surface area contributed by atoms with Crippen LogP contribution in [0.15, 0.2) is 30.6 Å². The molecule has 0 unspecified atom stereocenters. The number of pyridine rings is 2. The largest absolute Gasteiger partial charge is 0.472 e. The summed E-state index contributed by atoms with van der Waals surface area (Å²) in [6, 6.07) is 4.31. The Labute approximate surface area is 197 Å². The lowest BCUT2D eigenvalue weighted by Gasteiger charge is -2.39. The first-order chi connectivity index (χ1) is 15.6. The molecule has 33 heavy (non-hydrogen) atoms. The van der Waals surface area contributed by atoms with Crippen molar-refractivity contribution in [2.45, 2.75) is 44.5 Å². The third-order valence-electron chi connectivity index (χ3n) is 4.42. The van der Waals surface area contributed by atoms with Crippen molar-refractivity contribution in [3.05, 3.63) is 41.7 Å². The van der Waals surface area contributed by atoms with Gasteiger partial charge in [0.25, 0.3) is 0 Å². The van der Waals surface area contributed by atoms with Crippen LogP contribution in [-0.4, -0.2) is 57.4 Å². The van der Waals surface area contributed by atoms with Gasteiger partial charge >= 0.3 is 17.9 Å². The Bertz CT molecular complexity index is 1040. The van der Waals surface area contributed by atoms with Crippen molar-refractivity contribution >= 4 is 41.3 Å². The number of hydrogen-bond acceptors (Lipinski definition) is 10. The highest BCUT2D eigenvalue weighted by molar-refractivity contribution is 7.99. The van der Waals surface area contributed by atoms with Crippen LogP contribution in [0.2, 0.25) is 5.15 Å². The van der Waals surface area contributed by atoms with Gasteiger partial charge in [0.2, 0.25) is 5.95 Å². The van der Waals surface area contributed by atoms with Gasteiger partial charge in [-0.05, 0) is 18.2 Å². The molecule has 0 aromatic carbocycles. The number of carbonyl (C=O) groups excluding carboxylic acids is 3. The average molecular weight is 499 g/mol. The monoisotopic (exact) mass is 498 g/mol. The van der Waals surface area contributed by atoms with E-state index < -0.39 is 47.6 Å². The highest BCUT2D eigenvalue weighted by Crippen LogP contribution is 2.37. The molecule has 0 N–H and O–H groups in total. The summed E-state index contributed by atoms with van der Waals surface area (Å²) >= 11 is 7.40. The van der Waals surface area contributed by atoms with E-state index in [4.69, 9.17) is 30.5 Å². The van der Waals surface area contributed by atoms with E-state index in [1.807, 2.05) is 0 Å². The number of ether oxygens (including phenoxy) is 4. The Hall–Kier alpha value is -2.92.